The van der Waals surface area contributed by atoms with Crippen molar-refractivity contribution in [2.24, 2.45) is 5.41 Å². The number of ether oxygens (including phenoxy) is 3. The van der Waals surface area contributed by atoms with Gasteiger partial charge >= 0.3 is 12.1 Å². The molecule has 1 aromatic carbocycles. The smallest absolute Gasteiger partial charge is 0.417 e. The standard InChI is InChI=1S/C36H47F3N2O5Si/c1-20(2)29-27-28(26-25(46-47(9,10)33(4,5)6)18-34(7,8)32(30(26)41-29)44-21(3)42)35(13-15-43-16-14-35)45-31(27)22-11-12-24(36(37,38)39)23(17-22)19-40/h11-12,17,20,25,31-32H,13-16,18H2,1-10H3. The Morgan fingerprint density at radius 3 is 2.30 bits per heavy atom. The predicted octanol–water partition coefficient (Wildman–Crippen LogP) is 9.32. The quantitative estimate of drug-likeness (QED) is 0.231. The number of nitriles is 1. The van der Waals surface area contributed by atoms with E-state index in [0.717, 1.165) is 28.5 Å². The molecule has 1 aliphatic carbocycles. The highest BCUT2D eigenvalue weighted by Gasteiger charge is 2.56. The van der Waals surface area contributed by atoms with Crippen LogP contribution in [-0.4, -0.2) is 32.5 Å². The molecule has 0 N–H and O–H groups in total. The second kappa shape index (κ2) is 12.0. The zero-order valence-corrected chi connectivity index (χ0v) is 30.1. The molecular formula is C36H47F3N2O5Si. The Hall–Kier alpha value is -2.78. The van der Waals surface area contributed by atoms with Crippen LogP contribution in [-0.2, 0) is 35.2 Å². The number of carbonyl (C=O) groups is 1. The van der Waals surface area contributed by atoms with Gasteiger partial charge in [0.15, 0.2) is 8.32 Å². The van der Waals surface area contributed by atoms with Crippen molar-refractivity contribution in [3.05, 3.63) is 63.0 Å². The van der Waals surface area contributed by atoms with E-state index in [1.54, 1.807) is 6.07 Å². The van der Waals surface area contributed by atoms with Crippen LogP contribution in [0, 0.1) is 16.7 Å². The van der Waals surface area contributed by atoms with Gasteiger partial charge in [-0.1, -0.05) is 54.5 Å². The Kier molecular flexibility index (Phi) is 9.05. The van der Waals surface area contributed by atoms with E-state index in [9.17, 15) is 23.2 Å². The summed E-state index contributed by atoms with van der Waals surface area (Å²) in [6.07, 6.45) is -4.88. The molecule has 1 saturated heterocycles. The first-order chi connectivity index (χ1) is 21.6. The van der Waals surface area contributed by atoms with Gasteiger partial charge in [0, 0.05) is 55.2 Å². The van der Waals surface area contributed by atoms with Crippen molar-refractivity contribution in [1.82, 2.24) is 4.98 Å². The van der Waals surface area contributed by atoms with E-state index in [4.69, 9.17) is 23.6 Å². The number of hydrogen-bond acceptors (Lipinski definition) is 7. The predicted molar refractivity (Wildman–Crippen MR) is 173 cm³/mol. The normalized spacial score (nSPS) is 23.7. The van der Waals surface area contributed by atoms with Gasteiger partial charge in [0.25, 0.3) is 0 Å². The van der Waals surface area contributed by atoms with Gasteiger partial charge in [0.05, 0.1) is 34.6 Å². The summed E-state index contributed by atoms with van der Waals surface area (Å²) in [5.41, 5.74) is 1.62. The highest BCUT2D eigenvalue weighted by atomic mass is 28.4. The number of nitrogens with zero attached hydrogens (tertiary/aromatic N) is 2. The first-order valence-corrected chi connectivity index (χ1v) is 19.3. The Bertz CT molecular complexity index is 1600. The second-order valence-electron chi connectivity index (χ2n) is 15.8. The maximum Gasteiger partial charge on any atom is 0.417 e. The zero-order valence-electron chi connectivity index (χ0n) is 29.1. The van der Waals surface area contributed by atoms with Crippen molar-refractivity contribution in [2.45, 2.75) is 129 Å². The van der Waals surface area contributed by atoms with Crippen LogP contribution in [0.25, 0.3) is 0 Å². The molecule has 2 aromatic rings. The molecule has 3 aliphatic rings. The lowest BCUT2D eigenvalue weighted by Crippen LogP contribution is -2.46. The van der Waals surface area contributed by atoms with Crippen LogP contribution in [0.4, 0.5) is 13.2 Å². The molecule has 0 amide bonds. The number of pyridine rings is 1. The van der Waals surface area contributed by atoms with Crippen molar-refractivity contribution in [3.8, 4) is 6.07 Å². The van der Waals surface area contributed by atoms with Crippen LogP contribution in [0.3, 0.4) is 0 Å². The van der Waals surface area contributed by atoms with Gasteiger partial charge in [-0.2, -0.15) is 18.4 Å². The fourth-order valence-electron chi connectivity index (χ4n) is 7.16. The van der Waals surface area contributed by atoms with E-state index in [1.807, 2.05) is 13.8 Å². The summed E-state index contributed by atoms with van der Waals surface area (Å²) >= 11 is 0. The van der Waals surface area contributed by atoms with Crippen molar-refractivity contribution >= 4 is 14.3 Å². The van der Waals surface area contributed by atoms with Gasteiger partial charge < -0.3 is 18.6 Å². The third kappa shape index (κ3) is 6.27. The van der Waals surface area contributed by atoms with Crippen molar-refractivity contribution in [1.29, 1.82) is 5.26 Å². The molecule has 5 rings (SSSR count). The van der Waals surface area contributed by atoms with Crippen LogP contribution < -0.4 is 0 Å². The molecule has 3 atom stereocenters. The van der Waals surface area contributed by atoms with E-state index >= 15 is 0 Å². The number of hydrogen-bond donors (Lipinski definition) is 0. The molecule has 0 saturated carbocycles. The molecule has 0 bridgehead atoms. The number of carbonyl (C=O) groups excluding carboxylic acids is 1. The minimum absolute atomic E-state index is 0.0954. The number of aromatic nitrogens is 1. The van der Waals surface area contributed by atoms with Gasteiger partial charge in [0.2, 0.25) is 0 Å². The highest BCUT2D eigenvalue weighted by Crippen LogP contribution is 2.61. The number of halogens is 3. The van der Waals surface area contributed by atoms with Crippen LogP contribution in [0.2, 0.25) is 18.1 Å². The molecule has 1 spiro atoms. The summed E-state index contributed by atoms with van der Waals surface area (Å²) in [5, 5.41) is 9.68. The van der Waals surface area contributed by atoms with Gasteiger partial charge in [-0.25, -0.2) is 0 Å². The Labute approximate surface area is 277 Å². The molecule has 11 heteroatoms. The summed E-state index contributed by atoms with van der Waals surface area (Å²) in [5.74, 6) is -0.516. The number of esters is 1. The van der Waals surface area contributed by atoms with Crippen LogP contribution in [0.5, 0.6) is 0 Å². The lowest BCUT2D eigenvalue weighted by atomic mass is 9.68. The molecule has 256 valence electrons. The van der Waals surface area contributed by atoms with E-state index in [0.29, 0.717) is 43.7 Å². The van der Waals surface area contributed by atoms with Gasteiger partial charge in [-0.05, 0) is 53.7 Å². The third-order valence-electron chi connectivity index (χ3n) is 10.5. The van der Waals surface area contributed by atoms with E-state index in [2.05, 4.69) is 47.7 Å². The number of fused-ring (bicyclic) bond motifs is 4. The van der Waals surface area contributed by atoms with Gasteiger partial charge in [-0.15, -0.1) is 0 Å². The maximum absolute atomic E-state index is 13.8. The summed E-state index contributed by atoms with van der Waals surface area (Å²) in [4.78, 5) is 17.9. The lowest BCUT2D eigenvalue weighted by Gasteiger charge is -2.48. The van der Waals surface area contributed by atoms with Crippen LogP contribution in [0.1, 0.15) is 144 Å². The van der Waals surface area contributed by atoms with E-state index in [-0.39, 0.29) is 17.1 Å². The first kappa shape index (κ1) is 35.5. The minimum Gasteiger partial charge on any atom is -0.455 e. The SMILES string of the molecule is CC(=O)OC1c2nc(C(C)C)c3c(c2C(O[Si](C)(C)C(C)(C)C)CC1(C)C)C1(CCOCC1)OC3c1ccc(C(F)(F)F)c(C#N)c1. The monoisotopic (exact) mass is 672 g/mol. The second-order valence-corrected chi connectivity index (χ2v) is 20.6. The number of rotatable bonds is 5. The molecule has 2 aliphatic heterocycles. The number of benzene rings is 1. The molecule has 1 aromatic heterocycles. The summed E-state index contributed by atoms with van der Waals surface area (Å²) in [6, 6.07) is 5.43. The fourth-order valence-corrected chi connectivity index (χ4v) is 8.42. The van der Waals surface area contributed by atoms with Crippen molar-refractivity contribution < 1.29 is 36.6 Å². The summed E-state index contributed by atoms with van der Waals surface area (Å²) in [6.45, 7) is 21.5. The van der Waals surface area contributed by atoms with Crippen LogP contribution in [0.15, 0.2) is 18.2 Å². The molecule has 0 radical (unpaired) electrons. The van der Waals surface area contributed by atoms with Gasteiger partial charge in [0.1, 0.15) is 12.2 Å². The summed E-state index contributed by atoms with van der Waals surface area (Å²) in [7, 11) is -2.37. The zero-order chi connectivity index (χ0) is 34.9. The average molecular weight is 673 g/mol. The maximum atomic E-state index is 13.8. The Morgan fingerprint density at radius 1 is 1.13 bits per heavy atom. The molecular weight excluding hydrogens is 625 g/mol. The first-order valence-electron chi connectivity index (χ1n) is 16.4. The van der Waals surface area contributed by atoms with E-state index in [1.165, 1.54) is 19.1 Å². The molecule has 7 nitrogen and oxygen atoms in total. The van der Waals surface area contributed by atoms with Crippen LogP contribution >= 0.6 is 0 Å². The lowest BCUT2D eigenvalue weighted by molar-refractivity contribution is -0.156. The topological polar surface area (TPSA) is 90.7 Å². The van der Waals surface area contributed by atoms with Gasteiger partial charge in [-0.3, -0.25) is 9.78 Å². The molecule has 3 heterocycles. The summed E-state index contributed by atoms with van der Waals surface area (Å²) < 4.78 is 67.7. The molecule has 3 unspecified atom stereocenters. The Morgan fingerprint density at radius 2 is 1.77 bits per heavy atom. The fraction of sp³-hybridized carbons (Fsp3) is 0.639. The molecule has 47 heavy (non-hydrogen) atoms. The highest BCUT2D eigenvalue weighted by molar-refractivity contribution is 6.74. The van der Waals surface area contributed by atoms with Crippen molar-refractivity contribution in [3.63, 3.8) is 0 Å². The molecule has 1 fully saturated rings. The average Bonchev–Trinajstić information content (AvgIpc) is 3.26. The van der Waals surface area contributed by atoms with E-state index < -0.39 is 54.8 Å². The third-order valence-corrected chi connectivity index (χ3v) is 15.0. The largest absolute Gasteiger partial charge is 0.455 e. The number of alkyl halides is 3. The van der Waals surface area contributed by atoms with Crippen molar-refractivity contribution in [2.75, 3.05) is 13.2 Å². The minimum atomic E-state index is -4.67. The Balaban J connectivity index is 1.86.